The zero-order valence-electron chi connectivity index (χ0n) is 19.0. The van der Waals surface area contributed by atoms with Crippen molar-refractivity contribution in [3.05, 3.63) is 11.1 Å². The number of amides is 2. The first-order valence-electron chi connectivity index (χ1n) is 11.4. The Hall–Kier alpha value is -2.05. The number of rotatable bonds is 5. The third kappa shape index (κ3) is 4.40. The second-order valence-electron chi connectivity index (χ2n) is 10.7. The van der Waals surface area contributed by atoms with Crippen LogP contribution in [0.5, 0.6) is 0 Å². The summed E-state index contributed by atoms with van der Waals surface area (Å²) in [5.41, 5.74) is 0.397. The monoisotopic (exact) mass is 461 g/mol. The molecule has 1 aromatic heterocycles. The van der Waals surface area contributed by atoms with E-state index in [4.69, 9.17) is 0 Å². The Balaban J connectivity index is 1.32. The maximum atomic E-state index is 13.6. The van der Waals surface area contributed by atoms with Crippen LogP contribution in [0, 0.1) is 16.7 Å². The molecule has 2 amide bonds. The van der Waals surface area contributed by atoms with Crippen molar-refractivity contribution in [3.8, 4) is 6.07 Å². The first-order chi connectivity index (χ1) is 15.1. The Morgan fingerprint density at radius 1 is 1.28 bits per heavy atom. The molecular weight excluding hydrogens is 429 g/mol. The number of fused-ring (bicyclic) bond motifs is 3. The van der Waals surface area contributed by atoms with Gasteiger partial charge in [0, 0.05) is 28.2 Å². The molecule has 2 N–H and O–H groups in total. The standard InChI is InChI=1S/C23H32FN5O2S/c1-21(2,3)17-14-32-20(27-17)28-19(31)22-4-7-23(8-5-22,9-6-22)26-12-18(30)29-13-15(24)10-16(29)11-25/h14-16,26H,4-10,12-13H2,1-3H3,(H,27,28,31)/t15-,16-,22?,23?/m0/s1. The number of hydrogen-bond donors (Lipinski definition) is 2. The van der Waals surface area contributed by atoms with Crippen LogP contribution < -0.4 is 10.6 Å². The summed E-state index contributed by atoms with van der Waals surface area (Å²) in [5.74, 6) is -0.163. The minimum atomic E-state index is -1.12. The van der Waals surface area contributed by atoms with Crippen LogP contribution in [0.4, 0.5) is 9.52 Å². The third-order valence-electron chi connectivity index (χ3n) is 7.56. The normalized spacial score (nSPS) is 32.0. The van der Waals surface area contributed by atoms with Gasteiger partial charge in [-0.05, 0) is 38.5 Å². The van der Waals surface area contributed by atoms with Gasteiger partial charge >= 0.3 is 0 Å². The summed E-state index contributed by atoms with van der Waals surface area (Å²) < 4.78 is 13.6. The number of carbonyl (C=O) groups excluding carboxylic acids is 2. The van der Waals surface area contributed by atoms with Crippen LogP contribution in [0.15, 0.2) is 5.38 Å². The zero-order valence-corrected chi connectivity index (χ0v) is 19.9. The maximum absolute atomic E-state index is 13.6. The molecule has 9 heteroatoms. The molecule has 0 unspecified atom stereocenters. The average Bonchev–Trinajstić information content (AvgIpc) is 3.39. The Morgan fingerprint density at radius 3 is 2.50 bits per heavy atom. The van der Waals surface area contributed by atoms with Crippen molar-refractivity contribution >= 4 is 28.3 Å². The van der Waals surface area contributed by atoms with E-state index >= 15 is 0 Å². The molecule has 4 fully saturated rings. The van der Waals surface area contributed by atoms with Crippen molar-refractivity contribution in [1.82, 2.24) is 15.2 Å². The van der Waals surface area contributed by atoms with E-state index in [1.54, 1.807) is 0 Å². The molecule has 4 aliphatic rings. The van der Waals surface area contributed by atoms with Crippen LogP contribution in [-0.2, 0) is 15.0 Å². The second-order valence-corrected chi connectivity index (χ2v) is 11.5. The highest BCUT2D eigenvalue weighted by Crippen LogP contribution is 2.53. The van der Waals surface area contributed by atoms with E-state index < -0.39 is 12.2 Å². The molecule has 7 nitrogen and oxygen atoms in total. The highest BCUT2D eigenvalue weighted by molar-refractivity contribution is 7.14. The Morgan fingerprint density at radius 2 is 1.94 bits per heavy atom. The van der Waals surface area contributed by atoms with E-state index in [0.29, 0.717) is 5.13 Å². The summed E-state index contributed by atoms with van der Waals surface area (Å²) in [6.07, 6.45) is 3.77. The second kappa shape index (κ2) is 8.38. The molecule has 1 aliphatic heterocycles. The summed E-state index contributed by atoms with van der Waals surface area (Å²) in [6, 6.07) is 1.36. The summed E-state index contributed by atoms with van der Waals surface area (Å²) >= 11 is 1.47. The first kappa shape index (κ1) is 23.1. The van der Waals surface area contributed by atoms with Crippen LogP contribution in [0.25, 0.3) is 0 Å². The van der Waals surface area contributed by atoms with E-state index in [9.17, 15) is 19.2 Å². The molecule has 0 radical (unpaired) electrons. The van der Waals surface area contributed by atoms with Gasteiger partial charge in [-0.3, -0.25) is 9.59 Å². The fourth-order valence-corrected chi connectivity index (χ4v) is 6.18. The van der Waals surface area contributed by atoms with Crippen LogP contribution in [0.3, 0.4) is 0 Å². The molecule has 1 aromatic rings. The largest absolute Gasteiger partial charge is 0.323 e. The van der Waals surface area contributed by atoms with Crippen molar-refractivity contribution in [2.45, 2.75) is 88.9 Å². The van der Waals surface area contributed by atoms with Crippen LogP contribution in [-0.4, -0.2) is 52.5 Å². The molecule has 174 valence electrons. The van der Waals surface area contributed by atoms with Crippen molar-refractivity contribution in [2.24, 2.45) is 5.41 Å². The number of aromatic nitrogens is 1. The van der Waals surface area contributed by atoms with Crippen LogP contribution in [0.2, 0.25) is 0 Å². The van der Waals surface area contributed by atoms with Crippen LogP contribution in [0.1, 0.15) is 71.4 Å². The lowest BCUT2D eigenvalue weighted by Crippen LogP contribution is -2.59. The maximum Gasteiger partial charge on any atom is 0.237 e. The molecule has 3 saturated carbocycles. The number of nitrogens with one attached hydrogen (secondary N) is 2. The quantitative estimate of drug-likeness (QED) is 0.699. The Kier molecular flexibility index (Phi) is 6.05. The van der Waals surface area contributed by atoms with E-state index in [1.165, 1.54) is 16.2 Å². The van der Waals surface area contributed by atoms with Crippen LogP contribution >= 0.6 is 11.3 Å². The highest BCUT2D eigenvalue weighted by atomic mass is 32.1. The highest BCUT2D eigenvalue weighted by Gasteiger charge is 2.52. The number of thiazole rings is 1. The molecule has 2 atom stereocenters. The number of likely N-dealkylation sites (tertiary alicyclic amines) is 1. The lowest BCUT2D eigenvalue weighted by molar-refractivity contribution is -0.135. The van der Waals surface area contributed by atoms with E-state index in [-0.39, 0.29) is 47.7 Å². The number of nitriles is 1. The Bertz CT molecular complexity index is 909. The lowest BCUT2D eigenvalue weighted by Gasteiger charge is -2.52. The van der Waals surface area contributed by atoms with E-state index in [0.717, 1.165) is 44.2 Å². The summed E-state index contributed by atoms with van der Waals surface area (Å²) in [4.78, 5) is 31.7. The predicted octanol–water partition coefficient (Wildman–Crippen LogP) is 3.52. The first-order valence-corrected chi connectivity index (χ1v) is 12.3. The minimum absolute atomic E-state index is 0.00268. The minimum Gasteiger partial charge on any atom is -0.323 e. The van der Waals surface area contributed by atoms with Crippen molar-refractivity contribution in [2.75, 3.05) is 18.4 Å². The fourth-order valence-electron chi connectivity index (χ4n) is 5.24. The number of alkyl halides is 1. The van der Waals surface area contributed by atoms with Crippen molar-refractivity contribution in [1.29, 1.82) is 5.26 Å². The van der Waals surface area contributed by atoms with Gasteiger partial charge in [0.1, 0.15) is 12.2 Å². The van der Waals surface area contributed by atoms with Gasteiger partial charge < -0.3 is 15.5 Å². The predicted molar refractivity (Wildman–Crippen MR) is 121 cm³/mol. The molecule has 2 bridgehead atoms. The SMILES string of the molecule is CC(C)(C)c1csc(NC(=O)C23CCC(NCC(=O)N4C[C@@H](F)C[C@H]4C#N)(CC2)CC3)n1. The van der Waals surface area contributed by atoms with E-state index in [1.807, 2.05) is 11.4 Å². The van der Waals surface area contributed by atoms with E-state index in [2.05, 4.69) is 36.4 Å². The van der Waals surface area contributed by atoms with Gasteiger partial charge in [0.15, 0.2) is 5.13 Å². The van der Waals surface area contributed by atoms with Crippen molar-refractivity contribution in [3.63, 3.8) is 0 Å². The zero-order chi connectivity index (χ0) is 23.1. The fraction of sp³-hybridized carbons (Fsp3) is 0.739. The molecule has 32 heavy (non-hydrogen) atoms. The molecule has 1 saturated heterocycles. The molecule has 0 aromatic carbocycles. The molecule has 5 rings (SSSR count). The smallest absolute Gasteiger partial charge is 0.237 e. The average molecular weight is 462 g/mol. The van der Waals surface area contributed by atoms with Gasteiger partial charge in [-0.15, -0.1) is 11.3 Å². The third-order valence-corrected chi connectivity index (χ3v) is 8.31. The van der Waals surface area contributed by atoms with Gasteiger partial charge in [-0.25, -0.2) is 9.37 Å². The topological polar surface area (TPSA) is 98.1 Å². The van der Waals surface area contributed by atoms with Gasteiger partial charge in [-0.1, -0.05) is 20.8 Å². The summed E-state index contributed by atoms with van der Waals surface area (Å²) in [7, 11) is 0. The Labute approximate surface area is 192 Å². The molecule has 0 spiro atoms. The molecular formula is C23H32FN5O2S. The summed E-state index contributed by atoms with van der Waals surface area (Å²) in [5, 5.41) is 18.3. The van der Waals surface area contributed by atoms with Gasteiger partial charge in [0.25, 0.3) is 0 Å². The number of anilines is 1. The lowest BCUT2D eigenvalue weighted by atomic mass is 9.57. The van der Waals surface area contributed by atoms with Crippen molar-refractivity contribution < 1.29 is 14.0 Å². The molecule has 2 heterocycles. The number of halogens is 1. The number of hydrogen-bond acceptors (Lipinski definition) is 6. The van der Waals surface area contributed by atoms with Gasteiger partial charge in [-0.2, -0.15) is 5.26 Å². The molecule has 3 aliphatic carbocycles. The van der Waals surface area contributed by atoms with Gasteiger partial charge in [0.05, 0.1) is 24.9 Å². The van der Waals surface area contributed by atoms with Gasteiger partial charge in [0.2, 0.25) is 11.8 Å². The number of nitrogens with zero attached hydrogens (tertiary/aromatic N) is 3. The summed E-state index contributed by atoms with van der Waals surface area (Å²) in [6.45, 7) is 6.42. The number of carbonyl (C=O) groups is 2.